The topological polar surface area (TPSA) is 54.0 Å². The Morgan fingerprint density at radius 3 is 2.89 bits per heavy atom. The number of carbonyl (C=O) groups excluding carboxylic acids is 1. The molecule has 1 fully saturated rings. The van der Waals surface area contributed by atoms with Gasteiger partial charge in [-0.3, -0.25) is 4.79 Å². The largest absolute Gasteiger partial charge is 0.314 e. The van der Waals surface area contributed by atoms with Crippen molar-refractivity contribution in [1.29, 1.82) is 0 Å². The van der Waals surface area contributed by atoms with Crippen molar-refractivity contribution in [1.82, 2.24) is 10.3 Å². The highest BCUT2D eigenvalue weighted by Crippen LogP contribution is 2.26. The van der Waals surface area contributed by atoms with E-state index in [0.29, 0.717) is 12.0 Å². The summed E-state index contributed by atoms with van der Waals surface area (Å²) in [7, 11) is 0. The van der Waals surface area contributed by atoms with Gasteiger partial charge in [0.2, 0.25) is 5.91 Å². The van der Waals surface area contributed by atoms with E-state index in [-0.39, 0.29) is 24.2 Å². The van der Waals surface area contributed by atoms with Crippen LogP contribution in [0.15, 0.2) is 6.20 Å². The number of piperidine rings is 1. The summed E-state index contributed by atoms with van der Waals surface area (Å²) < 4.78 is 0. The molecule has 1 saturated heterocycles. The summed E-state index contributed by atoms with van der Waals surface area (Å²) in [5, 5.41) is 7.04. The molecule has 108 valence electrons. The lowest BCUT2D eigenvalue weighted by Gasteiger charge is -2.26. The molecule has 2 atom stereocenters. The number of thiazole rings is 1. The van der Waals surface area contributed by atoms with Gasteiger partial charge >= 0.3 is 0 Å². The molecule has 2 N–H and O–H groups in total. The van der Waals surface area contributed by atoms with Gasteiger partial charge in [-0.1, -0.05) is 13.8 Å². The molecule has 0 aromatic carbocycles. The van der Waals surface area contributed by atoms with Crippen molar-refractivity contribution in [2.75, 3.05) is 11.9 Å². The van der Waals surface area contributed by atoms with Gasteiger partial charge in [-0.05, 0) is 32.2 Å². The Morgan fingerprint density at radius 2 is 2.32 bits per heavy atom. The van der Waals surface area contributed by atoms with Crippen molar-refractivity contribution in [3.05, 3.63) is 11.1 Å². The molecule has 1 aromatic heterocycles. The molecule has 0 radical (unpaired) electrons. The van der Waals surface area contributed by atoms with Crippen molar-refractivity contribution < 1.29 is 4.79 Å². The van der Waals surface area contributed by atoms with Gasteiger partial charge in [0, 0.05) is 23.0 Å². The number of hydrogen-bond donors (Lipinski definition) is 2. The number of anilines is 1. The van der Waals surface area contributed by atoms with Crippen LogP contribution in [-0.2, 0) is 4.79 Å². The zero-order valence-corrected chi connectivity index (χ0v) is 13.2. The van der Waals surface area contributed by atoms with Crippen molar-refractivity contribution in [3.63, 3.8) is 0 Å². The van der Waals surface area contributed by atoms with Crippen LogP contribution in [0.3, 0.4) is 0 Å². The minimum Gasteiger partial charge on any atom is -0.314 e. The first-order valence-corrected chi connectivity index (χ1v) is 7.38. The second kappa shape index (κ2) is 7.22. The molecule has 2 rings (SSSR count). The molecule has 1 aromatic rings. The Balaban J connectivity index is 0.00000180. The van der Waals surface area contributed by atoms with Gasteiger partial charge < -0.3 is 10.6 Å². The summed E-state index contributed by atoms with van der Waals surface area (Å²) in [4.78, 5) is 17.6. The highest BCUT2D eigenvalue weighted by molar-refractivity contribution is 7.15. The van der Waals surface area contributed by atoms with E-state index in [1.165, 1.54) is 4.88 Å². The predicted octanol–water partition coefficient (Wildman–Crippen LogP) is 3.01. The fourth-order valence-corrected chi connectivity index (χ4v) is 3.01. The fourth-order valence-electron chi connectivity index (χ4n) is 2.19. The number of nitrogens with zero attached hydrogens (tertiary/aromatic N) is 1. The van der Waals surface area contributed by atoms with Gasteiger partial charge in [-0.2, -0.15) is 0 Å². The maximum atomic E-state index is 12.1. The van der Waals surface area contributed by atoms with E-state index in [0.717, 1.165) is 24.5 Å². The minimum absolute atomic E-state index is 0. The molecular formula is C13H22ClN3OS. The lowest BCUT2D eigenvalue weighted by atomic mass is 9.93. The van der Waals surface area contributed by atoms with Gasteiger partial charge in [-0.25, -0.2) is 4.98 Å². The number of carbonyl (C=O) groups is 1. The summed E-state index contributed by atoms with van der Waals surface area (Å²) in [5.41, 5.74) is 0. The molecule has 19 heavy (non-hydrogen) atoms. The molecule has 1 amide bonds. The quantitative estimate of drug-likeness (QED) is 0.902. The third-order valence-corrected chi connectivity index (χ3v) is 4.53. The van der Waals surface area contributed by atoms with Crippen LogP contribution >= 0.6 is 23.7 Å². The zero-order valence-electron chi connectivity index (χ0n) is 11.6. The summed E-state index contributed by atoms with van der Waals surface area (Å²) in [6, 6.07) is 0.428. The molecular weight excluding hydrogens is 282 g/mol. The number of halogens is 1. The Hall–Kier alpha value is -0.650. The van der Waals surface area contributed by atoms with Crippen molar-refractivity contribution in [3.8, 4) is 0 Å². The molecule has 0 aliphatic carbocycles. The molecule has 1 aliphatic rings. The average molecular weight is 304 g/mol. The summed E-state index contributed by atoms with van der Waals surface area (Å²) >= 11 is 1.58. The van der Waals surface area contributed by atoms with Crippen LogP contribution in [0.25, 0.3) is 0 Å². The second-order valence-electron chi connectivity index (χ2n) is 5.29. The maximum Gasteiger partial charge on any atom is 0.229 e. The Bertz CT molecular complexity index is 422. The molecule has 1 aliphatic heterocycles. The van der Waals surface area contributed by atoms with E-state index in [4.69, 9.17) is 0 Å². The molecule has 4 nitrogen and oxygen atoms in total. The summed E-state index contributed by atoms with van der Waals surface area (Å²) in [6.07, 6.45) is 3.68. The van der Waals surface area contributed by atoms with Crippen molar-refractivity contribution in [2.45, 2.75) is 45.6 Å². The SMILES string of the molecule is CC(C)c1cnc(NC(=O)[C@H]2CCN[C@@H](C)C2)s1.Cl. The lowest BCUT2D eigenvalue weighted by molar-refractivity contribution is -0.120. The Labute approximate surface area is 124 Å². The number of aromatic nitrogens is 1. The number of rotatable bonds is 3. The first-order valence-electron chi connectivity index (χ1n) is 6.56. The standard InChI is InChI=1S/C13H21N3OS.ClH/c1-8(2)11-7-15-13(18-11)16-12(17)10-4-5-14-9(3)6-10;/h7-10,14H,4-6H2,1-3H3,(H,15,16,17);1H/t9-,10-;/m0./s1. The van der Waals surface area contributed by atoms with E-state index in [1.807, 2.05) is 6.20 Å². The number of nitrogens with one attached hydrogen (secondary N) is 2. The third kappa shape index (κ3) is 4.44. The van der Waals surface area contributed by atoms with Gasteiger partial charge in [0.05, 0.1) is 0 Å². The average Bonchev–Trinajstić information content (AvgIpc) is 2.77. The van der Waals surface area contributed by atoms with Gasteiger partial charge in [0.25, 0.3) is 0 Å². The molecule has 0 spiro atoms. The van der Waals surface area contributed by atoms with Crippen molar-refractivity contribution in [2.24, 2.45) is 5.92 Å². The molecule has 0 saturated carbocycles. The highest BCUT2D eigenvalue weighted by atomic mass is 35.5. The van der Waals surface area contributed by atoms with E-state index < -0.39 is 0 Å². The Morgan fingerprint density at radius 1 is 1.58 bits per heavy atom. The van der Waals surface area contributed by atoms with Crippen LogP contribution in [0.1, 0.15) is 44.4 Å². The Kier molecular flexibility index (Phi) is 6.23. The summed E-state index contributed by atoms with van der Waals surface area (Å²) in [5.74, 6) is 0.702. The van der Waals surface area contributed by atoms with Gasteiger partial charge in [-0.15, -0.1) is 23.7 Å². The van der Waals surface area contributed by atoms with E-state index >= 15 is 0 Å². The monoisotopic (exact) mass is 303 g/mol. The molecule has 0 unspecified atom stereocenters. The zero-order chi connectivity index (χ0) is 13.1. The van der Waals surface area contributed by atoms with Crippen LogP contribution < -0.4 is 10.6 Å². The number of amides is 1. The third-order valence-electron chi connectivity index (χ3n) is 3.32. The first kappa shape index (κ1) is 16.4. The van der Waals surface area contributed by atoms with Crippen LogP contribution in [-0.4, -0.2) is 23.5 Å². The number of hydrogen-bond acceptors (Lipinski definition) is 4. The van der Waals surface area contributed by atoms with Gasteiger partial charge in [0.15, 0.2) is 5.13 Å². The van der Waals surface area contributed by atoms with Crippen LogP contribution in [0, 0.1) is 5.92 Å². The highest BCUT2D eigenvalue weighted by Gasteiger charge is 2.25. The minimum atomic E-state index is 0. The van der Waals surface area contributed by atoms with Gasteiger partial charge in [0.1, 0.15) is 0 Å². The lowest BCUT2D eigenvalue weighted by Crippen LogP contribution is -2.40. The molecule has 2 heterocycles. The normalized spacial score (nSPS) is 22.9. The van der Waals surface area contributed by atoms with E-state index in [2.05, 4.69) is 36.4 Å². The first-order chi connectivity index (χ1) is 8.56. The fraction of sp³-hybridized carbons (Fsp3) is 0.692. The van der Waals surface area contributed by atoms with E-state index in [1.54, 1.807) is 11.3 Å². The van der Waals surface area contributed by atoms with Crippen LogP contribution in [0.5, 0.6) is 0 Å². The van der Waals surface area contributed by atoms with Crippen molar-refractivity contribution >= 4 is 34.8 Å². The second-order valence-corrected chi connectivity index (χ2v) is 6.35. The maximum absolute atomic E-state index is 12.1. The van der Waals surface area contributed by atoms with Crippen LogP contribution in [0.2, 0.25) is 0 Å². The van der Waals surface area contributed by atoms with E-state index in [9.17, 15) is 4.79 Å². The summed E-state index contributed by atoms with van der Waals surface area (Å²) in [6.45, 7) is 7.31. The predicted molar refractivity (Wildman–Crippen MR) is 82.3 cm³/mol. The smallest absolute Gasteiger partial charge is 0.229 e. The molecule has 6 heteroatoms. The molecule has 0 bridgehead atoms. The van der Waals surface area contributed by atoms with Crippen LogP contribution in [0.4, 0.5) is 5.13 Å².